The van der Waals surface area contributed by atoms with E-state index in [-0.39, 0.29) is 5.39 Å². The molecule has 0 N–H and O–H groups in total. The summed E-state index contributed by atoms with van der Waals surface area (Å²) in [6.45, 7) is 0. The Bertz CT molecular complexity index is 820. The first-order valence-corrected chi connectivity index (χ1v) is 7.42. The molecule has 2 aromatic rings. The lowest BCUT2D eigenvalue weighted by molar-refractivity contribution is -0.0499. The van der Waals surface area contributed by atoms with Gasteiger partial charge in [0.15, 0.2) is 11.4 Å². The quantitative estimate of drug-likeness (QED) is 0.451. The molecule has 2 aromatic carbocycles. The van der Waals surface area contributed by atoms with Gasteiger partial charge in [-0.3, -0.25) is 0 Å². The van der Waals surface area contributed by atoms with Gasteiger partial charge in [0.25, 0.3) is 0 Å². The highest BCUT2D eigenvalue weighted by Crippen LogP contribution is 2.39. The van der Waals surface area contributed by atoms with E-state index in [2.05, 4.69) is 25.3 Å². The Morgan fingerprint density at radius 1 is 1.14 bits per heavy atom. The Hall–Kier alpha value is -1.68. The van der Waals surface area contributed by atoms with E-state index >= 15 is 0 Å². The molecule has 0 aliphatic carbocycles. The number of fused-ring (bicyclic) bond motifs is 1. The van der Waals surface area contributed by atoms with E-state index in [1.807, 2.05) is 0 Å². The molecule has 0 atom stereocenters. The Morgan fingerprint density at radius 2 is 1.76 bits per heavy atom. The van der Waals surface area contributed by atoms with Crippen LogP contribution in [-0.2, 0) is 10.1 Å². The van der Waals surface area contributed by atoms with Crippen molar-refractivity contribution in [3.8, 4) is 5.75 Å². The van der Waals surface area contributed by atoms with Crippen molar-refractivity contribution in [3.63, 3.8) is 0 Å². The molecule has 0 radical (unpaired) electrons. The summed E-state index contributed by atoms with van der Waals surface area (Å²) in [6.07, 6.45) is 0. The summed E-state index contributed by atoms with van der Waals surface area (Å²) >= 11 is 3.13. The average molecular weight is 384 g/mol. The Kier molecular flexibility index (Phi) is 3.93. The standard InChI is InChI=1S/C11H5BrF3NO4S/c12-7-3-1-6-2-4-9(10(16-17)8(6)5-7)20-21(18,19)11(13,14)15/h1-5H. The lowest BCUT2D eigenvalue weighted by Gasteiger charge is -2.11. The third-order valence-electron chi connectivity index (χ3n) is 2.49. The smallest absolute Gasteiger partial charge is 0.374 e. The topological polar surface area (TPSA) is 72.8 Å². The van der Waals surface area contributed by atoms with Gasteiger partial charge in [0.2, 0.25) is 0 Å². The van der Waals surface area contributed by atoms with Crippen LogP contribution >= 0.6 is 15.9 Å². The van der Waals surface area contributed by atoms with Crippen molar-refractivity contribution in [1.29, 1.82) is 0 Å². The first-order chi connectivity index (χ1) is 9.65. The van der Waals surface area contributed by atoms with Crippen LogP contribution in [0.15, 0.2) is 40.0 Å². The van der Waals surface area contributed by atoms with E-state index in [0.29, 0.717) is 9.86 Å². The zero-order chi connectivity index (χ0) is 15.8. The van der Waals surface area contributed by atoms with E-state index in [1.54, 1.807) is 12.1 Å². The third kappa shape index (κ3) is 3.00. The van der Waals surface area contributed by atoms with Gasteiger partial charge in [-0.25, -0.2) is 0 Å². The highest BCUT2D eigenvalue weighted by atomic mass is 79.9. The largest absolute Gasteiger partial charge is 0.534 e. The van der Waals surface area contributed by atoms with Crippen LogP contribution in [-0.4, -0.2) is 13.9 Å². The van der Waals surface area contributed by atoms with Gasteiger partial charge in [-0.2, -0.15) is 21.6 Å². The number of hydrogen-bond acceptors (Lipinski definition) is 5. The first kappa shape index (κ1) is 15.7. The molecule has 0 heterocycles. The predicted octanol–water partition coefficient (Wildman–Crippen LogP) is 4.23. The minimum atomic E-state index is -5.87. The summed E-state index contributed by atoms with van der Waals surface area (Å²) < 4.78 is 63.4. The molecular formula is C11H5BrF3NO4S. The molecule has 0 bridgehead atoms. The van der Waals surface area contributed by atoms with Crippen LogP contribution in [0.3, 0.4) is 0 Å². The summed E-state index contributed by atoms with van der Waals surface area (Å²) in [4.78, 5) is 10.9. The maximum Gasteiger partial charge on any atom is 0.534 e. The molecule has 0 fully saturated rings. The average Bonchev–Trinajstić information content (AvgIpc) is 2.36. The molecule has 0 unspecified atom stereocenters. The van der Waals surface area contributed by atoms with Gasteiger partial charge in [-0.15, -0.1) is 4.91 Å². The second-order valence-electron chi connectivity index (χ2n) is 3.85. The normalized spacial score (nSPS) is 12.4. The van der Waals surface area contributed by atoms with E-state index in [1.165, 1.54) is 12.1 Å². The van der Waals surface area contributed by atoms with Crippen molar-refractivity contribution in [2.45, 2.75) is 5.51 Å². The van der Waals surface area contributed by atoms with E-state index in [4.69, 9.17) is 0 Å². The van der Waals surface area contributed by atoms with Crippen LogP contribution in [0.2, 0.25) is 0 Å². The molecule has 112 valence electrons. The molecule has 2 rings (SSSR count). The highest BCUT2D eigenvalue weighted by molar-refractivity contribution is 9.10. The van der Waals surface area contributed by atoms with Crippen molar-refractivity contribution >= 4 is 42.5 Å². The molecular weight excluding hydrogens is 379 g/mol. The SMILES string of the molecule is O=Nc1c(OS(=O)(=O)C(F)(F)F)ccc2ccc(Br)cc12. The minimum absolute atomic E-state index is 0.161. The van der Waals surface area contributed by atoms with E-state index < -0.39 is 27.1 Å². The fraction of sp³-hybridized carbons (Fsp3) is 0.0909. The number of halogens is 4. The van der Waals surface area contributed by atoms with E-state index in [9.17, 15) is 26.5 Å². The molecule has 0 saturated heterocycles. The lowest BCUT2D eigenvalue weighted by atomic mass is 10.1. The second-order valence-corrected chi connectivity index (χ2v) is 6.31. The molecule has 0 saturated carbocycles. The predicted molar refractivity (Wildman–Crippen MR) is 72.7 cm³/mol. The van der Waals surface area contributed by atoms with Crippen LogP contribution in [0.5, 0.6) is 5.75 Å². The summed E-state index contributed by atoms with van der Waals surface area (Å²) in [5.74, 6) is -0.784. The second kappa shape index (κ2) is 5.26. The van der Waals surface area contributed by atoms with Crippen molar-refractivity contribution in [2.24, 2.45) is 5.18 Å². The van der Waals surface area contributed by atoms with Crippen LogP contribution in [0.25, 0.3) is 10.8 Å². The molecule has 0 aliphatic heterocycles. The van der Waals surface area contributed by atoms with Crippen LogP contribution in [0, 0.1) is 4.91 Å². The molecule has 0 aromatic heterocycles. The van der Waals surface area contributed by atoms with Crippen LogP contribution in [0.4, 0.5) is 18.9 Å². The summed E-state index contributed by atoms with van der Waals surface area (Å²) in [6, 6.07) is 6.90. The molecule has 10 heteroatoms. The summed E-state index contributed by atoms with van der Waals surface area (Å²) in [7, 11) is -5.87. The van der Waals surface area contributed by atoms with Gasteiger partial charge in [0, 0.05) is 9.86 Å². The third-order valence-corrected chi connectivity index (χ3v) is 3.95. The number of nitrogens with zero attached hydrogens (tertiary/aromatic N) is 1. The van der Waals surface area contributed by atoms with Gasteiger partial charge in [0.05, 0.1) is 0 Å². The highest BCUT2D eigenvalue weighted by Gasteiger charge is 2.49. The Morgan fingerprint density at radius 3 is 2.33 bits per heavy atom. The molecule has 0 amide bonds. The summed E-state index contributed by atoms with van der Waals surface area (Å²) in [5.41, 5.74) is -6.12. The summed E-state index contributed by atoms with van der Waals surface area (Å²) in [5, 5.41) is 3.23. The van der Waals surface area contributed by atoms with Gasteiger partial charge in [-0.1, -0.05) is 28.1 Å². The minimum Gasteiger partial charge on any atom is -0.374 e. The molecule has 21 heavy (non-hydrogen) atoms. The van der Waals surface area contributed by atoms with Crippen LogP contribution in [0.1, 0.15) is 0 Å². The number of rotatable bonds is 3. The van der Waals surface area contributed by atoms with Gasteiger partial charge < -0.3 is 4.18 Å². The maximum atomic E-state index is 12.3. The van der Waals surface area contributed by atoms with Gasteiger partial charge >= 0.3 is 15.6 Å². The zero-order valence-corrected chi connectivity index (χ0v) is 12.3. The molecule has 0 aliphatic rings. The first-order valence-electron chi connectivity index (χ1n) is 5.22. The Balaban J connectivity index is 2.63. The van der Waals surface area contributed by atoms with Crippen molar-refractivity contribution in [2.75, 3.05) is 0 Å². The fourth-order valence-electron chi connectivity index (χ4n) is 1.58. The van der Waals surface area contributed by atoms with Gasteiger partial charge in [-0.05, 0) is 28.8 Å². The fourth-order valence-corrected chi connectivity index (χ4v) is 2.41. The Labute approximate surface area is 124 Å². The van der Waals surface area contributed by atoms with Crippen LogP contribution < -0.4 is 4.18 Å². The molecule has 5 nitrogen and oxygen atoms in total. The maximum absolute atomic E-state index is 12.3. The van der Waals surface area contributed by atoms with E-state index in [0.717, 1.165) is 6.07 Å². The number of benzene rings is 2. The molecule has 0 spiro atoms. The van der Waals surface area contributed by atoms with Crippen molar-refractivity contribution in [1.82, 2.24) is 0 Å². The van der Waals surface area contributed by atoms with Crippen molar-refractivity contribution < 1.29 is 25.8 Å². The monoisotopic (exact) mass is 383 g/mol. The number of hydrogen-bond donors (Lipinski definition) is 0. The van der Waals surface area contributed by atoms with Crippen molar-refractivity contribution in [3.05, 3.63) is 39.7 Å². The van der Waals surface area contributed by atoms with Gasteiger partial charge in [0.1, 0.15) is 0 Å². The zero-order valence-electron chi connectivity index (χ0n) is 9.89. The lowest BCUT2D eigenvalue weighted by Crippen LogP contribution is -2.28. The number of alkyl halides is 3. The number of nitroso groups, excluding NO2 is 1.